The average Bonchev–Trinajstić information content (AvgIpc) is 2.90. The van der Waals surface area contributed by atoms with E-state index in [-0.39, 0.29) is 30.3 Å². The highest BCUT2D eigenvalue weighted by atomic mass is 32.2. The lowest BCUT2D eigenvalue weighted by atomic mass is 9.90. The van der Waals surface area contributed by atoms with Gasteiger partial charge in [-0.15, -0.1) is 0 Å². The van der Waals surface area contributed by atoms with Crippen molar-refractivity contribution in [3.63, 3.8) is 0 Å². The van der Waals surface area contributed by atoms with Crippen molar-refractivity contribution in [2.75, 3.05) is 32.6 Å². The first kappa shape index (κ1) is 22.8. The van der Waals surface area contributed by atoms with E-state index in [0.29, 0.717) is 19.8 Å². The van der Waals surface area contributed by atoms with Crippen LogP contribution in [0.15, 0.2) is 0 Å². The van der Waals surface area contributed by atoms with Gasteiger partial charge >= 0.3 is 0 Å². The van der Waals surface area contributed by atoms with Crippen LogP contribution in [0.3, 0.4) is 0 Å². The number of ether oxygens (including phenoxy) is 3. The maximum absolute atomic E-state index is 12.3. The largest absolute Gasteiger partial charge is 0.379 e. The smallest absolute Gasteiger partial charge is 0.211 e. The van der Waals surface area contributed by atoms with Crippen molar-refractivity contribution >= 4 is 10.0 Å². The Morgan fingerprint density at radius 2 is 1.80 bits per heavy atom. The van der Waals surface area contributed by atoms with Crippen molar-refractivity contribution in [2.45, 2.75) is 78.7 Å². The van der Waals surface area contributed by atoms with Crippen LogP contribution in [-0.2, 0) is 24.2 Å². The van der Waals surface area contributed by atoms with Gasteiger partial charge in [-0.1, -0.05) is 20.8 Å². The summed E-state index contributed by atoms with van der Waals surface area (Å²) in [5.74, 6) is 0. The fourth-order valence-electron chi connectivity index (χ4n) is 2.61. The first-order valence-electron chi connectivity index (χ1n) is 9.04. The van der Waals surface area contributed by atoms with Gasteiger partial charge in [-0.05, 0) is 39.5 Å². The zero-order valence-corrected chi connectivity index (χ0v) is 18.0. The highest BCUT2D eigenvalue weighted by molar-refractivity contribution is 7.88. The molecular formula is C18H37NO5S. The number of hydrogen-bond donors (Lipinski definition) is 0. The number of nitrogens with zero attached hydrogens (tertiary/aromatic N) is 1. The van der Waals surface area contributed by atoms with Crippen LogP contribution in [0.25, 0.3) is 0 Å². The summed E-state index contributed by atoms with van der Waals surface area (Å²) in [5.41, 5.74) is -0.553. The normalized spacial score (nSPS) is 22.4. The first-order valence-corrected chi connectivity index (χ1v) is 10.9. The molecular weight excluding hydrogens is 342 g/mol. The molecule has 0 spiro atoms. The van der Waals surface area contributed by atoms with Gasteiger partial charge in [0.1, 0.15) is 0 Å². The van der Waals surface area contributed by atoms with Crippen LogP contribution in [-0.4, -0.2) is 69.2 Å². The number of rotatable bonds is 8. The molecule has 0 amide bonds. The molecule has 150 valence electrons. The molecule has 0 bridgehead atoms. The predicted octanol–water partition coefficient (Wildman–Crippen LogP) is 2.67. The van der Waals surface area contributed by atoms with Gasteiger partial charge in [0.25, 0.3) is 0 Å². The molecule has 0 N–H and O–H groups in total. The van der Waals surface area contributed by atoms with Crippen molar-refractivity contribution in [2.24, 2.45) is 5.41 Å². The molecule has 1 aliphatic heterocycles. The van der Waals surface area contributed by atoms with E-state index in [1.165, 1.54) is 10.6 Å². The Hall–Kier alpha value is -0.210. The summed E-state index contributed by atoms with van der Waals surface area (Å²) in [6, 6.07) is 0. The second-order valence-electron chi connectivity index (χ2n) is 9.05. The van der Waals surface area contributed by atoms with E-state index in [4.69, 9.17) is 14.2 Å². The molecule has 0 unspecified atom stereocenters. The van der Waals surface area contributed by atoms with E-state index < -0.39 is 15.6 Å². The van der Waals surface area contributed by atoms with Crippen LogP contribution in [0.5, 0.6) is 0 Å². The Labute approximate surface area is 154 Å². The molecule has 1 heterocycles. The molecule has 25 heavy (non-hydrogen) atoms. The third-order valence-corrected chi connectivity index (χ3v) is 6.04. The lowest BCUT2D eigenvalue weighted by Crippen LogP contribution is -2.51. The second-order valence-corrected chi connectivity index (χ2v) is 11.0. The van der Waals surface area contributed by atoms with Gasteiger partial charge in [-0.3, -0.25) is 0 Å². The molecule has 3 atom stereocenters. The molecule has 0 aromatic carbocycles. The van der Waals surface area contributed by atoms with Gasteiger partial charge in [0, 0.05) is 18.7 Å². The van der Waals surface area contributed by atoms with E-state index in [0.717, 1.165) is 6.42 Å². The average molecular weight is 380 g/mol. The Morgan fingerprint density at radius 3 is 2.20 bits per heavy atom. The van der Waals surface area contributed by atoms with Crippen molar-refractivity contribution in [3.05, 3.63) is 0 Å². The first-order chi connectivity index (χ1) is 11.2. The summed E-state index contributed by atoms with van der Waals surface area (Å²) in [6.45, 7) is 16.0. The third kappa shape index (κ3) is 7.91. The minimum Gasteiger partial charge on any atom is -0.379 e. The lowest BCUT2D eigenvalue weighted by Gasteiger charge is -2.38. The zero-order valence-electron chi connectivity index (χ0n) is 17.2. The fourth-order valence-corrected chi connectivity index (χ4v) is 4.04. The van der Waals surface area contributed by atoms with Gasteiger partial charge < -0.3 is 14.2 Å². The maximum Gasteiger partial charge on any atom is 0.211 e. The highest BCUT2D eigenvalue weighted by Crippen LogP contribution is 2.25. The van der Waals surface area contributed by atoms with Crippen LogP contribution >= 0.6 is 0 Å². The van der Waals surface area contributed by atoms with Crippen LogP contribution < -0.4 is 0 Å². The maximum atomic E-state index is 12.3. The topological polar surface area (TPSA) is 65.1 Å². The van der Waals surface area contributed by atoms with Crippen LogP contribution in [0.4, 0.5) is 0 Å². The predicted molar refractivity (Wildman–Crippen MR) is 100 cm³/mol. The Kier molecular flexibility index (Phi) is 7.90. The molecule has 1 saturated heterocycles. The molecule has 0 radical (unpaired) electrons. The molecule has 0 saturated carbocycles. The number of sulfonamides is 1. The summed E-state index contributed by atoms with van der Waals surface area (Å²) in [7, 11) is -3.35. The molecule has 1 aliphatic rings. The van der Waals surface area contributed by atoms with E-state index >= 15 is 0 Å². The molecule has 6 nitrogen and oxygen atoms in total. The summed E-state index contributed by atoms with van der Waals surface area (Å²) in [4.78, 5) is 0. The van der Waals surface area contributed by atoms with Gasteiger partial charge in [0.15, 0.2) is 0 Å². The summed E-state index contributed by atoms with van der Waals surface area (Å²) >= 11 is 0. The highest BCUT2D eigenvalue weighted by Gasteiger charge is 2.34. The molecule has 0 aromatic rings. The van der Waals surface area contributed by atoms with E-state index in [1.807, 2.05) is 27.7 Å². The summed E-state index contributed by atoms with van der Waals surface area (Å²) in [6.07, 6.45) is 1.83. The van der Waals surface area contributed by atoms with E-state index in [2.05, 4.69) is 20.8 Å². The van der Waals surface area contributed by atoms with E-state index in [1.54, 1.807) is 0 Å². The van der Waals surface area contributed by atoms with Gasteiger partial charge in [0.05, 0.1) is 37.8 Å². The van der Waals surface area contributed by atoms with Crippen molar-refractivity contribution in [1.29, 1.82) is 0 Å². The zero-order chi connectivity index (χ0) is 19.5. The van der Waals surface area contributed by atoms with Crippen LogP contribution in [0.1, 0.15) is 54.9 Å². The number of hydrogen-bond acceptors (Lipinski definition) is 5. The molecule has 1 fully saturated rings. The monoisotopic (exact) mass is 379 g/mol. The minimum atomic E-state index is -3.35. The molecule has 0 aliphatic carbocycles. The van der Waals surface area contributed by atoms with Crippen LogP contribution in [0, 0.1) is 5.41 Å². The SMILES string of the molecule is C[C@H](O[C@H](CO[C@@H]1CCOC1)CN(C(C)(C)C)S(C)(=O)=O)C(C)(C)C. The minimum absolute atomic E-state index is 0.0256. The fraction of sp³-hybridized carbons (Fsp3) is 1.00. The molecule has 0 aromatic heterocycles. The van der Waals surface area contributed by atoms with Gasteiger partial charge in [-0.25, -0.2) is 8.42 Å². The summed E-state index contributed by atoms with van der Waals surface area (Å²) in [5, 5.41) is 0. The summed E-state index contributed by atoms with van der Waals surface area (Å²) < 4.78 is 43.5. The van der Waals surface area contributed by atoms with Crippen molar-refractivity contribution in [3.8, 4) is 0 Å². The third-order valence-electron chi connectivity index (χ3n) is 4.54. The molecule has 1 rings (SSSR count). The Bertz CT molecular complexity index is 501. The van der Waals surface area contributed by atoms with Gasteiger partial charge in [0.2, 0.25) is 10.0 Å². The van der Waals surface area contributed by atoms with Crippen molar-refractivity contribution in [1.82, 2.24) is 4.31 Å². The standard InChI is InChI=1S/C18H37NO5S/c1-14(17(2,3)4)24-16(13-23-15-9-10-22-12-15)11-19(18(5,6)7)25(8,20)21/h14-16H,9-13H2,1-8H3/t14-,15+,16-/m0/s1. The van der Waals surface area contributed by atoms with Crippen molar-refractivity contribution < 1.29 is 22.6 Å². The molecule has 7 heteroatoms. The Morgan fingerprint density at radius 1 is 1.20 bits per heavy atom. The lowest BCUT2D eigenvalue weighted by molar-refractivity contribution is -0.106. The van der Waals surface area contributed by atoms with Crippen LogP contribution in [0.2, 0.25) is 0 Å². The quantitative estimate of drug-likeness (QED) is 0.649. The Balaban J connectivity index is 2.86. The van der Waals surface area contributed by atoms with E-state index in [9.17, 15) is 8.42 Å². The van der Waals surface area contributed by atoms with Gasteiger partial charge in [-0.2, -0.15) is 4.31 Å². The second kappa shape index (κ2) is 8.65.